The second-order valence-corrected chi connectivity index (χ2v) is 4.16. The maximum absolute atomic E-state index is 12.3. The smallest absolute Gasteiger partial charge is 0.281 e. The van der Waals surface area contributed by atoms with Gasteiger partial charge in [-0.05, 0) is 6.07 Å². The first-order valence-electron chi connectivity index (χ1n) is 5.57. The van der Waals surface area contributed by atoms with Gasteiger partial charge >= 0.3 is 0 Å². The summed E-state index contributed by atoms with van der Waals surface area (Å²) in [6, 6.07) is 10.4. The van der Waals surface area contributed by atoms with E-state index in [1.807, 2.05) is 0 Å². The molecule has 1 aliphatic carbocycles. The number of rotatable bonds is 1. The third-order valence-electron chi connectivity index (χ3n) is 3.13. The summed E-state index contributed by atoms with van der Waals surface area (Å²) < 4.78 is 0. The van der Waals surface area contributed by atoms with E-state index in [0.29, 0.717) is 5.56 Å². The fraction of sp³-hybridized carbons (Fsp3) is 0. The molecule has 100 valence electrons. The van der Waals surface area contributed by atoms with Crippen molar-refractivity contribution in [3.63, 3.8) is 0 Å². The first kappa shape index (κ1) is 13.6. The average Bonchev–Trinajstić information content (AvgIpc) is 2.44. The standard InChI is InChI=1S/C14H7NO4.H3N/c16-13-8-4-1-2-5-9(8)14(17)12-10(13)6-3-7-11(12)15(18)19;/h1-7H;1H3. The van der Waals surface area contributed by atoms with Crippen molar-refractivity contribution < 1.29 is 14.5 Å². The minimum Gasteiger partial charge on any atom is -0.344 e. The van der Waals surface area contributed by atoms with E-state index in [-0.39, 0.29) is 34.3 Å². The van der Waals surface area contributed by atoms with Gasteiger partial charge in [0.2, 0.25) is 5.78 Å². The molecule has 0 fully saturated rings. The number of nitrogens with zero attached hydrogens (tertiary/aromatic N) is 1. The first-order chi connectivity index (χ1) is 9.11. The maximum atomic E-state index is 12.3. The third kappa shape index (κ3) is 1.70. The molecule has 0 radical (unpaired) electrons. The van der Waals surface area contributed by atoms with Gasteiger partial charge < -0.3 is 6.15 Å². The quantitative estimate of drug-likeness (QED) is 0.539. The van der Waals surface area contributed by atoms with Gasteiger partial charge in [0, 0.05) is 22.8 Å². The van der Waals surface area contributed by atoms with E-state index in [9.17, 15) is 19.7 Å². The number of benzene rings is 2. The minimum absolute atomic E-state index is 0. The van der Waals surface area contributed by atoms with Crippen LogP contribution in [0.25, 0.3) is 0 Å². The predicted octanol–water partition coefficient (Wildman–Crippen LogP) is 2.53. The fourth-order valence-corrected chi connectivity index (χ4v) is 2.28. The molecule has 0 spiro atoms. The van der Waals surface area contributed by atoms with Crippen LogP contribution in [0.5, 0.6) is 0 Å². The summed E-state index contributed by atoms with van der Waals surface area (Å²) in [6.45, 7) is 0. The molecule has 3 N–H and O–H groups in total. The van der Waals surface area contributed by atoms with Gasteiger partial charge in [-0.1, -0.05) is 30.3 Å². The lowest BCUT2D eigenvalue weighted by Gasteiger charge is -2.16. The summed E-state index contributed by atoms with van der Waals surface area (Å²) in [5.74, 6) is -0.827. The van der Waals surface area contributed by atoms with E-state index in [1.165, 1.54) is 24.3 Å². The molecule has 2 aromatic rings. The number of hydrogen-bond donors (Lipinski definition) is 1. The number of fused-ring (bicyclic) bond motifs is 2. The van der Waals surface area contributed by atoms with E-state index >= 15 is 0 Å². The number of ketones is 2. The van der Waals surface area contributed by atoms with Crippen LogP contribution in [0.2, 0.25) is 0 Å². The normalized spacial score (nSPS) is 12.2. The zero-order valence-corrected chi connectivity index (χ0v) is 10.3. The molecule has 6 nitrogen and oxygen atoms in total. The summed E-state index contributed by atoms with van der Waals surface area (Å²) in [5.41, 5.74) is 0.161. The molecule has 0 saturated carbocycles. The number of carbonyl (C=O) groups is 2. The summed E-state index contributed by atoms with van der Waals surface area (Å²) in [6.07, 6.45) is 0. The molecular formula is C14H10N2O4. The molecule has 0 heterocycles. The summed E-state index contributed by atoms with van der Waals surface area (Å²) in [5, 5.41) is 11.0. The molecule has 0 aliphatic heterocycles. The second kappa shape index (κ2) is 4.67. The summed E-state index contributed by atoms with van der Waals surface area (Å²) in [7, 11) is 0. The van der Waals surface area contributed by atoms with Crippen LogP contribution in [-0.2, 0) is 0 Å². The number of nitro benzene ring substituents is 1. The van der Waals surface area contributed by atoms with E-state index in [2.05, 4.69) is 0 Å². The van der Waals surface area contributed by atoms with Crippen LogP contribution in [0, 0.1) is 10.1 Å². The van der Waals surface area contributed by atoms with Crippen molar-refractivity contribution in [1.29, 1.82) is 0 Å². The topological polar surface area (TPSA) is 112 Å². The highest BCUT2D eigenvalue weighted by atomic mass is 16.6. The highest BCUT2D eigenvalue weighted by molar-refractivity contribution is 6.29. The van der Waals surface area contributed by atoms with E-state index < -0.39 is 10.7 Å². The number of hydrogen-bond acceptors (Lipinski definition) is 5. The third-order valence-corrected chi connectivity index (χ3v) is 3.13. The summed E-state index contributed by atoms with van der Waals surface area (Å²) >= 11 is 0. The molecule has 0 amide bonds. The first-order valence-corrected chi connectivity index (χ1v) is 5.57. The van der Waals surface area contributed by atoms with Gasteiger partial charge in [0.15, 0.2) is 5.78 Å². The Balaban J connectivity index is 0.00000147. The van der Waals surface area contributed by atoms with Crippen molar-refractivity contribution in [3.05, 3.63) is 74.8 Å². The molecule has 3 rings (SSSR count). The zero-order chi connectivity index (χ0) is 13.6. The maximum Gasteiger partial charge on any atom is 0.281 e. The molecule has 0 unspecified atom stereocenters. The molecule has 2 aromatic carbocycles. The van der Waals surface area contributed by atoms with Gasteiger partial charge in [-0.25, -0.2) is 0 Å². The molecular weight excluding hydrogens is 260 g/mol. The van der Waals surface area contributed by atoms with E-state index in [1.54, 1.807) is 18.2 Å². The molecule has 1 aliphatic rings. The van der Waals surface area contributed by atoms with Gasteiger partial charge in [-0.2, -0.15) is 0 Å². The van der Waals surface area contributed by atoms with Gasteiger partial charge in [0.25, 0.3) is 5.69 Å². The molecule has 6 heteroatoms. The minimum atomic E-state index is -0.641. The van der Waals surface area contributed by atoms with Crippen molar-refractivity contribution in [2.75, 3.05) is 0 Å². The van der Waals surface area contributed by atoms with Crippen LogP contribution in [-0.4, -0.2) is 16.5 Å². The van der Waals surface area contributed by atoms with Crippen molar-refractivity contribution in [2.45, 2.75) is 0 Å². The highest BCUT2D eigenvalue weighted by Crippen LogP contribution is 2.32. The van der Waals surface area contributed by atoms with Crippen molar-refractivity contribution >= 4 is 17.3 Å². The SMILES string of the molecule is N.O=C1c2ccccc2C(=O)c2c1cccc2[N+](=O)[O-]. The number of nitro groups is 1. The zero-order valence-electron chi connectivity index (χ0n) is 10.3. The van der Waals surface area contributed by atoms with Gasteiger partial charge in [-0.15, -0.1) is 0 Å². The van der Waals surface area contributed by atoms with Crippen LogP contribution < -0.4 is 6.15 Å². The predicted molar refractivity (Wildman–Crippen MR) is 71.4 cm³/mol. The van der Waals surface area contributed by atoms with Gasteiger partial charge in [-0.3, -0.25) is 19.7 Å². The fourth-order valence-electron chi connectivity index (χ4n) is 2.28. The van der Waals surface area contributed by atoms with Crippen molar-refractivity contribution in [1.82, 2.24) is 6.15 Å². The Bertz CT molecular complexity index is 753. The lowest BCUT2D eigenvalue weighted by atomic mass is 9.83. The molecule has 0 bridgehead atoms. The Morgan fingerprint density at radius 2 is 1.35 bits per heavy atom. The lowest BCUT2D eigenvalue weighted by Crippen LogP contribution is -2.21. The monoisotopic (exact) mass is 270 g/mol. The number of carbonyl (C=O) groups excluding carboxylic acids is 2. The van der Waals surface area contributed by atoms with Gasteiger partial charge in [0.1, 0.15) is 5.56 Å². The largest absolute Gasteiger partial charge is 0.344 e. The summed E-state index contributed by atoms with van der Waals surface area (Å²) in [4.78, 5) is 34.9. The average molecular weight is 270 g/mol. The Morgan fingerprint density at radius 1 is 0.800 bits per heavy atom. The van der Waals surface area contributed by atoms with Crippen LogP contribution in [0.1, 0.15) is 31.8 Å². The Morgan fingerprint density at radius 3 is 1.95 bits per heavy atom. The van der Waals surface area contributed by atoms with Crippen LogP contribution in [0.4, 0.5) is 5.69 Å². The second-order valence-electron chi connectivity index (χ2n) is 4.16. The molecule has 20 heavy (non-hydrogen) atoms. The van der Waals surface area contributed by atoms with Crippen LogP contribution in [0.3, 0.4) is 0 Å². The Labute approximate surface area is 113 Å². The van der Waals surface area contributed by atoms with Crippen LogP contribution in [0.15, 0.2) is 42.5 Å². The van der Waals surface area contributed by atoms with E-state index in [0.717, 1.165) is 0 Å². The molecule has 0 saturated heterocycles. The van der Waals surface area contributed by atoms with E-state index in [4.69, 9.17) is 0 Å². The Hall–Kier alpha value is -2.86. The van der Waals surface area contributed by atoms with Crippen molar-refractivity contribution in [3.8, 4) is 0 Å². The highest BCUT2D eigenvalue weighted by Gasteiger charge is 2.34. The Kier molecular flexibility index (Phi) is 3.17. The molecule has 0 atom stereocenters. The molecule has 0 aromatic heterocycles. The lowest BCUT2D eigenvalue weighted by molar-refractivity contribution is -0.385. The van der Waals surface area contributed by atoms with Gasteiger partial charge in [0.05, 0.1) is 4.92 Å². The van der Waals surface area contributed by atoms with Crippen LogP contribution >= 0.6 is 0 Å². The van der Waals surface area contributed by atoms with Crippen molar-refractivity contribution in [2.24, 2.45) is 0 Å².